The van der Waals surface area contributed by atoms with Crippen molar-refractivity contribution in [3.8, 4) is 0 Å². The van der Waals surface area contributed by atoms with Crippen LogP contribution in [0.15, 0.2) is 29.3 Å². The fraction of sp³-hybridized carbons (Fsp3) is 0.708. The third kappa shape index (κ3) is 10.5. The Morgan fingerprint density at radius 3 is 2.58 bits per heavy atom. The van der Waals surface area contributed by atoms with E-state index in [4.69, 9.17) is 9.73 Å². The minimum atomic E-state index is 0. The van der Waals surface area contributed by atoms with Crippen LogP contribution in [0, 0.1) is 18.8 Å². The van der Waals surface area contributed by atoms with Crippen LogP contribution < -0.4 is 10.6 Å². The summed E-state index contributed by atoms with van der Waals surface area (Å²) in [6.45, 7) is 14.7. The summed E-state index contributed by atoms with van der Waals surface area (Å²) >= 11 is 0. The van der Waals surface area contributed by atoms with E-state index in [2.05, 4.69) is 67.5 Å². The van der Waals surface area contributed by atoms with Crippen molar-refractivity contribution in [3.05, 3.63) is 35.4 Å². The standard InChI is InChI=1S/C24H42N4O2.HI/c1-5-25-24(26-17-21(9-12-29)15-19(2)3)27-18-23(28-10-13-30-14-11-28)22-8-6-7-20(4)16-22;/h6-8,16,19,21,23,29H,5,9-15,17-18H2,1-4H3,(H2,25,26,27);1H. The van der Waals surface area contributed by atoms with Crippen LogP contribution in [-0.2, 0) is 4.74 Å². The Labute approximate surface area is 206 Å². The number of rotatable bonds is 11. The number of halogens is 1. The van der Waals surface area contributed by atoms with Gasteiger partial charge < -0.3 is 20.5 Å². The number of aliphatic hydroxyl groups excluding tert-OH is 1. The zero-order valence-electron chi connectivity index (χ0n) is 19.8. The number of ether oxygens (including phenoxy) is 1. The molecule has 1 aromatic carbocycles. The highest BCUT2D eigenvalue weighted by Gasteiger charge is 2.23. The van der Waals surface area contributed by atoms with E-state index in [0.29, 0.717) is 11.8 Å². The van der Waals surface area contributed by atoms with E-state index in [0.717, 1.165) is 64.7 Å². The van der Waals surface area contributed by atoms with Gasteiger partial charge in [-0.2, -0.15) is 0 Å². The number of aliphatic hydroxyl groups is 1. The SMILES string of the molecule is CCNC(=NCC(CCO)CC(C)C)NCC(c1cccc(C)c1)N1CCOCC1.I. The molecule has 0 aliphatic carbocycles. The minimum absolute atomic E-state index is 0. The summed E-state index contributed by atoms with van der Waals surface area (Å²) in [6, 6.07) is 9.07. The smallest absolute Gasteiger partial charge is 0.191 e. The summed E-state index contributed by atoms with van der Waals surface area (Å²) in [6.07, 6.45) is 1.89. The molecule has 7 heteroatoms. The number of nitrogens with zero attached hydrogens (tertiary/aromatic N) is 2. The van der Waals surface area contributed by atoms with Crippen molar-refractivity contribution in [1.82, 2.24) is 15.5 Å². The van der Waals surface area contributed by atoms with Gasteiger partial charge in [-0.3, -0.25) is 9.89 Å². The summed E-state index contributed by atoms with van der Waals surface area (Å²) in [7, 11) is 0. The van der Waals surface area contributed by atoms with E-state index < -0.39 is 0 Å². The molecule has 3 N–H and O–H groups in total. The lowest BCUT2D eigenvalue weighted by molar-refractivity contribution is 0.0170. The second-order valence-electron chi connectivity index (χ2n) is 8.69. The Kier molecular flexibility index (Phi) is 14.4. The lowest BCUT2D eigenvalue weighted by Gasteiger charge is -2.35. The predicted molar refractivity (Wildman–Crippen MR) is 140 cm³/mol. The van der Waals surface area contributed by atoms with E-state index in [9.17, 15) is 5.11 Å². The normalized spacial score (nSPS) is 17.2. The maximum atomic E-state index is 9.39. The number of hydrogen-bond donors (Lipinski definition) is 3. The second-order valence-corrected chi connectivity index (χ2v) is 8.69. The van der Waals surface area contributed by atoms with Crippen LogP contribution >= 0.6 is 24.0 Å². The van der Waals surface area contributed by atoms with Crippen molar-refractivity contribution in [2.45, 2.75) is 46.6 Å². The fourth-order valence-corrected chi connectivity index (χ4v) is 4.11. The van der Waals surface area contributed by atoms with Gasteiger partial charge in [0.05, 0.1) is 19.3 Å². The molecule has 2 unspecified atom stereocenters. The zero-order chi connectivity index (χ0) is 21.8. The summed E-state index contributed by atoms with van der Waals surface area (Å²) in [5.74, 6) is 1.88. The summed E-state index contributed by atoms with van der Waals surface area (Å²) in [5, 5.41) is 16.4. The molecule has 0 radical (unpaired) electrons. The van der Waals surface area contributed by atoms with Crippen molar-refractivity contribution in [2.75, 3.05) is 52.5 Å². The first-order valence-corrected chi connectivity index (χ1v) is 11.5. The van der Waals surface area contributed by atoms with E-state index in [1.165, 1.54) is 11.1 Å². The highest BCUT2D eigenvalue weighted by atomic mass is 127. The lowest BCUT2D eigenvalue weighted by Crippen LogP contribution is -2.46. The summed E-state index contributed by atoms with van der Waals surface area (Å²) < 4.78 is 5.57. The van der Waals surface area contributed by atoms with E-state index in [-0.39, 0.29) is 36.6 Å². The molecule has 6 nitrogen and oxygen atoms in total. The fourth-order valence-electron chi connectivity index (χ4n) is 4.11. The largest absolute Gasteiger partial charge is 0.396 e. The number of aryl methyl sites for hydroxylation is 1. The van der Waals surface area contributed by atoms with Gasteiger partial charge in [0.1, 0.15) is 0 Å². The quantitative estimate of drug-likeness (QED) is 0.225. The Morgan fingerprint density at radius 1 is 1.23 bits per heavy atom. The van der Waals surface area contributed by atoms with Crippen LogP contribution in [0.5, 0.6) is 0 Å². The van der Waals surface area contributed by atoms with Gasteiger partial charge in [0.15, 0.2) is 5.96 Å². The monoisotopic (exact) mass is 546 g/mol. The van der Waals surface area contributed by atoms with Gasteiger partial charge in [-0.05, 0) is 44.1 Å². The molecule has 1 aliphatic rings. The van der Waals surface area contributed by atoms with Gasteiger partial charge in [-0.15, -0.1) is 24.0 Å². The first-order valence-electron chi connectivity index (χ1n) is 11.5. The van der Waals surface area contributed by atoms with Crippen LogP contribution in [0.2, 0.25) is 0 Å². The predicted octanol–water partition coefficient (Wildman–Crippen LogP) is 3.59. The average molecular weight is 547 g/mol. The van der Waals surface area contributed by atoms with Crippen LogP contribution in [-0.4, -0.2) is 68.5 Å². The molecular weight excluding hydrogens is 503 g/mol. The number of morpholine rings is 1. The van der Waals surface area contributed by atoms with Gasteiger partial charge in [-0.25, -0.2) is 0 Å². The molecule has 1 aromatic rings. The molecule has 0 spiro atoms. The number of aliphatic imine (C=N–C) groups is 1. The number of nitrogens with one attached hydrogen (secondary N) is 2. The first kappa shape index (κ1) is 28.1. The zero-order valence-corrected chi connectivity index (χ0v) is 22.1. The van der Waals surface area contributed by atoms with Crippen LogP contribution in [0.4, 0.5) is 0 Å². The maximum absolute atomic E-state index is 9.39. The number of guanidine groups is 1. The second kappa shape index (κ2) is 15.8. The molecule has 1 fully saturated rings. The Balaban J connectivity index is 0.00000480. The molecule has 31 heavy (non-hydrogen) atoms. The van der Waals surface area contributed by atoms with E-state index in [1.54, 1.807) is 0 Å². The molecule has 2 atom stereocenters. The average Bonchev–Trinajstić information content (AvgIpc) is 2.72. The van der Waals surface area contributed by atoms with Gasteiger partial charge in [0.2, 0.25) is 0 Å². The first-order chi connectivity index (χ1) is 14.5. The van der Waals surface area contributed by atoms with Crippen LogP contribution in [0.25, 0.3) is 0 Å². The Hall–Kier alpha value is -0.900. The molecule has 1 heterocycles. The van der Waals surface area contributed by atoms with Crippen molar-refractivity contribution < 1.29 is 9.84 Å². The highest BCUT2D eigenvalue weighted by Crippen LogP contribution is 2.22. The van der Waals surface area contributed by atoms with Crippen molar-refractivity contribution in [3.63, 3.8) is 0 Å². The van der Waals surface area contributed by atoms with Gasteiger partial charge >= 0.3 is 0 Å². The Morgan fingerprint density at radius 2 is 1.97 bits per heavy atom. The minimum Gasteiger partial charge on any atom is -0.396 e. The van der Waals surface area contributed by atoms with Crippen LogP contribution in [0.3, 0.4) is 0 Å². The molecule has 0 saturated carbocycles. The summed E-state index contributed by atoms with van der Waals surface area (Å²) in [5.41, 5.74) is 2.62. The van der Waals surface area contributed by atoms with Crippen molar-refractivity contribution in [2.24, 2.45) is 16.8 Å². The Bertz CT molecular complexity index is 636. The third-order valence-corrected chi connectivity index (χ3v) is 5.57. The molecule has 0 bridgehead atoms. The number of hydrogen-bond acceptors (Lipinski definition) is 4. The molecule has 1 saturated heterocycles. The van der Waals surface area contributed by atoms with Crippen molar-refractivity contribution in [1.29, 1.82) is 0 Å². The summed E-state index contributed by atoms with van der Waals surface area (Å²) in [4.78, 5) is 7.36. The van der Waals surface area contributed by atoms with Gasteiger partial charge in [-0.1, -0.05) is 43.7 Å². The van der Waals surface area contributed by atoms with Crippen LogP contribution in [0.1, 0.15) is 50.8 Å². The number of benzene rings is 1. The topological polar surface area (TPSA) is 69.1 Å². The molecular formula is C24H43IN4O2. The molecule has 2 rings (SSSR count). The highest BCUT2D eigenvalue weighted by molar-refractivity contribution is 14.0. The molecule has 0 amide bonds. The van der Waals surface area contributed by atoms with E-state index >= 15 is 0 Å². The molecule has 178 valence electrons. The van der Waals surface area contributed by atoms with Gasteiger partial charge in [0, 0.05) is 39.3 Å². The molecule has 0 aromatic heterocycles. The molecule has 1 aliphatic heterocycles. The van der Waals surface area contributed by atoms with Gasteiger partial charge in [0.25, 0.3) is 0 Å². The lowest BCUT2D eigenvalue weighted by atomic mass is 9.94. The maximum Gasteiger partial charge on any atom is 0.191 e. The third-order valence-electron chi connectivity index (χ3n) is 5.57. The van der Waals surface area contributed by atoms with Crippen molar-refractivity contribution >= 4 is 29.9 Å². The van der Waals surface area contributed by atoms with E-state index in [1.807, 2.05) is 0 Å².